The Hall–Kier alpha value is -3.94. The maximum absolute atomic E-state index is 3.98. The average Bonchev–Trinajstić information content (AvgIpc) is 3.72. The molecule has 0 aliphatic carbocycles. The van der Waals surface area contributed by atoms with E-state index in [1.165, 1.54) is 21.6 Å². The Balaban J connectivity index is 0.000000240. The summed E-state index contributed by atoms with van der Waals surface area (Å²) >= 11 is 3.52. The van der Waals surface area contributed by atoms with E-state index in [-0.39, 0.29) is 0 Å². The molecule has 0 N–H and O–H groups in total. The number of pyridine rings is 3. The summed E-state index contributed by atoms with van der Waals surface area (Å²) in [6.07, 6.45) is 12.7. The molecule has 0 aliphatic rings. The van der Waals surface area contributed by atoms with Gasteiger partial charge in [-0.05, 0) is 117 Å². The van der Waals surface area contributed by atoms with Crippen molar-refractivity contribution >= 4 is 22.7 Å². The summed E-state index contributed by atoms with van der Waals surface area (Å²) in [4.78, 5) is 17.1. The van der Waals surface area contributed by atoms with Gasteiger partial charge in [-0.3, -0.25) is 15.0 Å². The third kappa shape index (κ3) is 20.1. The first-order valence-electron chi connectivity index (χ1n) is 12.8. The van der Waals surface area contributed by atoms with Crippen molar-refractivity contribution in [1.82, 2.24) is 24.5 Å². The van der Waals surface area contributed by atoms with Gasteiger partial charge < -0.3 is 4.57 Å². The molecular formula is C33H41N5S2. The topological polar surface area (TPSA) is 56.5 Å². The molecule has 0 bridgehead atoms. The number of thiophene rings is 2. The molecule has 6 heterocycles. The Morgan fingerprint density at radius 2 is 1.38 bits per heavy atom. The van der Waals surface area contributed by atoms with Gasteiger partial charge in [0.2, 0.25) is 0 Å². The van der Waals surface area contributed by atoms with E-state index in [4.69, 9.17) is 0 Å². The van der Waals surface area contributed by atoms with E-state index in [1.54, 1.807) is 53.8 Å². The molecule has 0 aromatic carbocycles. The van der Waals surface area contributed by atoms with Crippen LogP contribution in [0.5, 0.6) is 0 Å². The summed E-state index contributed by atoms with van der Waals surface area (Å²) in [7, 11) is 1.96. The second-order valence-corrected chi connectivity index (χ2v) is 10.7. The molecule has 210 valence electrons. The zero-order valence-corrected chi connectivity index (χ0v) is 26.2. The summed E-state index contributed by atoms with van der Waals surface area (Å²) in [6.45, 7) is 12.2. The molecule has 0 spiro atoms. The highest BCUT2D eigenvalue weighted by Crippen LogP contribution is 2.03. The van der Waals surface area contributed by atoms with Crippen molar-refractivity contribution in [3.63, 3.8) is 0 Å². The first-order chi connectivity index (χ1) is 19.3. The number of hydrogen-bond donors (Lipinski definition) is 0. The summed E-state index contributed by atoms with van der Waals surface area (Å²) in [6, 6.07) is 20.0. The Morgan fingerprint density at radius 3 is 1.60 bits per heavy atom. The monoisotopic (exact) mass is 571 g/mol. The van der Waals surface area contributed by atoms with Gasteiger partial charge in [-0.15, -0.1) is 11.3 Å². The summed E-state index contributed by atoms with van der Waals surface area (Å²) in [5.74, 6) is 0. The van der Waals surface area contributed by atoms with Gasteiger partial charge in [-0.1, -0.05) is 18.2 Å². The fourth-order valence-corrected chi connectivity index (χ4v) is 3.75. The van der Waals surface area contributed by atoms with Gasteiger partial charge in [0.05, 0.1) is 12.0 Å². The summed E-state index contributed by atoms with van der Waals surface area (Å²) < 4.78 is 1.93. The van der Waals surface area contributed by atoms with Gasteiger partial charge in [-0.2, -0.15) is 11.3 Å². The van der Waals surface area contributed by atoms with Crippen molar-refractivity contribution in [1.29, 1.82) is 0 Å². The van der Waals surface area contributed by atoms with Crippen LogP contribution in [0.2, 0.25) is 0 Å². The van der Waals surface area contributed by atoms with Crippen LogP contribution in [0.4, 0.5) is 0 Å². The molecule has 0 radical (unpaired) electrons. The van der Waals surface area contributed by atoms with Crippen molar-refractivity contribution in [2.75, 3.05) is 0 Å². The van der Waals surface area contributed by atoms with Gasteiger partial charge >= 0.3 is 0 Å². The van der Waals surface area contributed by atoms with Gasteiger partial charge in [0.1, 0.15) is 0 Å². The van der Waals surface area contributed by atoms with E-state index in [2.05, 4.69) is 68.1 Å². The lowest BCUT2D eigenvalue weighted by molar-refractivity contribution is 0.913. The number of rotatable bonds is 0. The van der Waals surface area contributed by atoms with Gasteiger partial charge in [0, 0.05) is 54.8 Å². The molecule has 7 heteroatoms. The zero-order valence-electron chi connectivity index (χ0n) is 24.6. The van der Waals surface area contributed by atoms with E-state index in [9.17, 15) is 0 Å². The minimum atomic E-state index is 1.07. The zero-order chi connectivity index (χ0) is 29.4. The van der Waals surface area contributed by atoms with Crippen LogP contribution in [0, 0.1) is 41.5 Å². The maximum Gasteiger partial charge on any atom is 0.0946 e. The van der Waals surface area contributed by atoms with Crippen LogP contribution >= 0.6 is 22.7 Å². The van der Waals surface area contributed by atoms with Crippen LogP contribution in [0.25, 0.3) is 0 Å². The molecular weight excluding hydrogens is 531 g/mol. The van der Waals surface area contributed by atoms with Crippen LogP contribution in [0.1, 0.15) is 33.0 Å². The number of hydrogen-bond acceptors (Lipinski definition) is 6. The van der Waals surface area contributed by atoms with Crippen LogP contribution in [0.3, 0.4) is 0 Å². The van der Waals surface area contributed by atoms with Gasteiger partial charge in [0.15, 0.2) is 0 Å². The summed E-state index contributed by atoms with van der Waals surface area (Å²) in [5.41, 5.74) is 5.97. The number of aryl methyl sites for hydroxylation is 7. The molecule has 6 rings (SSSR count). The molecule has 6 aromatic rings. The first-order valence-corrected chi connectivity index (χ1v) is 14.6. The molecule has 0 unspecified atom stereocenters. The third-order valence-electron chi connectivity index (χ3n) is 4.63. The first kappa shape index (κ1) is 34.1. The van der Waals surface area contributed by atoms with Crippen LogP contribution in [-0.2, 0) is 7.05 Å². The highest BCUT2D eigenvalue weighted by atomic mass is 32.1. The average molecular weight is 572 g/mol. The number of imidazole rings is 1. The molecule has 0 fully saturated rings. The molecule has 5 nitrogen and oxygen atoms in total. The minimum Gasteiger partial charge on any atom is -0.340 e. The molecule has 0 saturated carbocycles. The van der Waals surface area contributed by atoms with E-state index in [0.717, 1.165) is 11.4 Å². The molecule has 6 aromatic heterocycles. The van der Waals surface area contributed by atoms with Crippen molar-refractivity contribution in [2.24, 2.45) is 7.05 Å². The largest absolute Gasteiger partial charge is 0.340 e. The van der Waals surface area contributed by atoms with Crippen molar-refractivity contribution in [3.8, 4) is 0 Å². The van der Waals surface area contributed by atoms with Crippen LogP contribution < -0.4 is 0 Å². The molecule has 40 heavy (non-hydrogen) atoms. The van der Waals surface area contributed by atoms with E-state index in [0.29, 0.717) is 0 Å². The lowest BCUT2D eigenvalue weighted by Crippen LogP contribution is -1.76. The predicted molar refractivity (Wildman–Crippen MR) is 173 cm³/mol. The normalized spacial score (nSPS) is 8.88. The standard InChI is InChI=1S/3C6H7N.C5H8N2.2C5H6S/c1-6-2-4-7-5-3-6;1-6-3-2-4-7-5-6;1-6-4-2-3-5-7-6;1-5-3-7(2)4-6-5;1-5-2-3-6-4-5;1-5-3-2-4-6-5/h3*2-5H,1H3;3-4H,1-2H3;2*2-4H,1H3. The Kier molecular flexibility index (Phi) is 18.7. The SMILES string of the molecule is Cc1ccccn1.Cc1cccnc1.Cc1cccs1.Cc1ccncc1.Cc1ccsc1.Cc1cn(C)cn1. The van der Waals surface area contributed by atoms with Crippen LogP contribution in [0.15, 0.2) is 120 Å². The third-order valence-corrected chi connectivity index (χ3v) is 6.23. The molecule has 0 saturated heterocycles. The Morgan fingerprint density at radius 1 is 0.600 bits per heavy atom. The Labute approximate surface area is 248 Å². The highest BCUT2D eigenvalue weighted by Gasteiger charge is 1.82. The van der Waals surface area contributed by atoms with Gasteiger partial charge in [0.25, 0.3) is 0 Å². The molecule has 0 aliphatic heterocycles. The smallest absolute Gasteiger partial charge is 0.0946 e. The Bertz CT molecular complexity index is 1200. The van der Waals surface area contributed by atoms with Gasteiger partial charge in [-0.25, -0.2) is 4.98 Å². The lowest BCUT2D eigenvalue weighted by Gasteiger charge is -1.82. The lowest BCUT2D eigenvalue weighted by atomic mass is 10.3. The van der Waals surface area contributed by atoms with E-state index < -0.39 is 0 Å². The van der Waals surface area contributed by atoms with Crippen molar-refractivity contribution in [2.45, 2.75) is 41.5 Å². The van der Waals surface area contributed by atoms with E-state index in [1.807, 2.05) is 94.2 Å². The minimum absolute atomic E-state index is 1.07. The number of aromatic nitrogens is 5. The predicted octanol–water partition coefficient (Wildman–Crippen LogP) is 9.01. The molecule has 0 amide bonds. The fraction of sp³-hybridized carbons (Fsp3) is 0.212. The molecule has 0 atom stereocenters. The van der Waals surface area contributed by atoms with Crippen LogP contribution in [-0.4, -0.2) is 24.5 Å². The van der Waals surface area contributed by atoms with Crippen molar-refractivity contribution < 1.29 is 0 Å². The highest BCUT2D eigenvalue weighted by molar-refractivity contribution is 7.09. The second kappa shape index (κ2) is 21.9. The maximum atomic E-state index is 3.98. The quantitative estimate of drug-likeness (QED) is 0.183. The summed E-state index contributed by atoms with van der Waals surface area (Å²) in [5, 5.41) is 6.28. The van der Waals surface area contributed by atoms with Crippen molar-refractivity contribution in [3.05, 3.63) is 153 Å². The number of nitrogens with zero attached hydrogens (tertiary/aromatic N) is 5. The second-order valence-electron chi connectivity index (χ2n) is 8.73. The fourth-order valence-electron chi connectivity index (χ4n) is 2.56. The van der Waals surface area contributed by atoms with E-state index >= 15 is 0 Å².